The molecule has 1 aromatic heterocycles. The first kappa shape index (κ1) is 19.4. The highest BCUT2D eigenvalue weighted by atomic mass is 35.5. The highest BCUT2D eigenvalue weighted by molar-refractivity contribution is 6.32. The van der Waals surface area contributed by atoms with Crippen molar-refractivity contribution in [3.8, 4) is 5.75 Å². The summed E-state index contributed by atoms with van der Waals surface area (Å²) in [6.07, 6.45) is -2.61. The zero-order valence-corrected chi connectivity index (χ0v) is 13.8. The Morgan fingerprint density at radius 2 is 2.12 bits per heavy atom. The maximum atomic E-state index is 12.5. The van der Waals surface area contributed by atoms with Gasteiger partial charge in [-0.3, -0.25) is 15.1 Å². The highest BCUT2D eigenvalue weighted by Crippen LogP contribution is 2.32. The molecule has 0 fully saturated rings. The lowest BCUT2D eigenvalue weighted by molar-refractivity contribution is -0.384. The molecule has 0 aliphatic carbocycles. The number of hydrogen-bond acceptors (Lipinski definition) is 6. The lowest BCUT2D eigenvalue weighted by atomic mass is 10.2. The SMILES string of the molecule is O=[N+]([O-])c1ccc(O)c(C=NCCNc2ncc(C(F)(F)F)cc2Cl)c1. The predicted molar refractivity (Wildman–Crippen MR) is 90.0 cm³/mol. The topological polar surface area (TPSA) is 101 Å². The number of nitrogens with zero attached hydrogens (tertiary/aromatic N) is 3. The van der Waals surface area contributed by atoms with Gasteiger partial charge in [0.25, 0.3) is 5.69 Å². The van der Waals surface area contributed by atoms with Gasteiger partial charge in [0.1, 0.15) is 11.6 Å². The number of anilines is 1. The number of nitro benzene ring substituents is 1. The van der Waals surface area contributed by atoms with Gasteiger partial charge in [-0.1, -0.05) is 11.6 Å². The first-order chi connectivity index (χ1) is 12.2. The van der Waals surface area contributed by atoms with Gasteiger partial charge in [-0.15, -0.1) is 0 Å². The average molecular weight is 389 g/mol. The molecule has 0 saturated heterocycles. The van der Waals surface area contributed by atoms with Crippen LogP contribution in [0.4, 0.5) is 24.7 Å². The van der Waals surface area contributed by atoms with Crippen molar-refractivity contribution >= 4 is 29.3 Å². The molecule has 1 heterocycles. The van der Waals surface area contributed by atoms with Gasteiger partial charge >= 0.3 is 6.18 Å². The lowest BCUT2D eigenvalue weighted by Crippen LogP contribution is -2.10. The van der Waals surface area contributed by atoms with E-state index in [0.29, 0.717) is 6.20 Å². The number of nitrogens with one attached hydrogen (secondary N) is 1. The van der Waals surface area contributed by atoms with Crippen molar-refractivity contribution in [2.45, 2.75) is 6.18 Å². The smallest absolute Gasteiger partial charge is 0.417 e. The lowest BCUT2D eigenvalue weighted by Gasteiger charge is -2.10. The van der Waals surface area contributed by atoms with E-state index in [1.807, 2.05) is 0 Å². The molecular weight excluding hydrogens is 377 g/mol. The molecule has 138 valence electrons. The first-order valence-electron chi connectivity index (χ1n) is 7.12. The minimum Gasteiger partial charge on any atom is -0.507 e. The number of hydrogen-bond donors (Lipinski definition) is 2. The second kappa shape index (κ2) is 8.00. The summed E-state index contributed by atoms with van der Waals surface area (Å²) in [5.74, 6) is -0.0900. The van der Waals surface area contributed by atoms with Gasteiger partial charge in [0, 0.05) is 36.7 Å². The minimum absolute atomic E-state index is 0.0769. The van der Waals surface area contributed by atoms with E-state index in [4.69, 9.17) is 11.6 Å². The summed E-state index contributed by atoms with van der Waals surface area (Å²) < 4.78 is 37.6. The van der Waals surface area contributed by atoms with E-state index in [9.17, 15) is 28.4 Å². The van der Waals surface area contributed by atoms with Crippen molar-refractivity contribution < 1.29 is 23.2 Å². The number of aromatic nitrogens is 1. The number of aromatic hydroxyl groups is 1. The van der Waals surface area contributed by atoms with E-state index < -0.39 is 16.7 Å². The Morgan fingerprint density at radius 1 is 1.38 bits per heavy atom. The fraction of sp³-hybridized carbons (Fsp3) is 0.200. The van der Waals surface area contributed by atoms with Crippen LogP contribution in [0.25, 0.3) is 0 Å². The Kier molecular flexibility index (Phi) is 5.98. The van der Waals surface area contributed by atoms with E-state index in [2.05, 4.69) is 15.3 Å². The van der Waals surface area contributed by atoms with Gasteiger partial charge in [0.2, 0.25) is 0 Å². The Labute approximate surface area is 150 Å². The number of alkyl halides is 3. The van der Waals surface area contributed by atoms with Crippen molar-refractivity contribution in [3.05, 3.63) is 56.7 Å². The molecule has 0 aliphatic heterocycles. The summed E-state index contributed by atoms with van der Waals surface area (Å²) >= 11 is 5.75. The molecule has 0 amide bonds. The summed E-state index contributed by atoms with van der Waals surface area (Å²) in [6.45, 7) is 0.367. The Bertz CT molecular complexity index is 843. The van der Waals surface area contributed by atoms with E-state index in [-0.39, 0.29) is 40.9 Å². The average Bonchev–Trinajstić information content (AvgIpc) is 2.56. The quantitative estimate of drug-likeness (QED) is 0.338. The van der Waals surface area contributed by atoms with Gasteiger partial charge in [0.05, 0.1) is 22.1 Å². The molecule has 0 radical (unpaired) electrons. The van der Waals surface area contributed by atoms with Gasteiger partial charge in [-0.25, -0.2) is 4.98 Å². The van der Waals surface area contributed by atoms with Gasteiger partial charge in [0.15, 0.2) is 0 Å². The number of benzene rings is 1. The van der Waals surface area contributed by atoms with Crippen LogP contribution in [0.15, 0.2) is 35.5 Å². The van der Waals surface area contributed by atoms with E-state index in [1.54, 1.807) is 0 Å². The zero-order chi connectivity index (χ0) is 19.3. The van der Waals surface area contributed by atoms with Crippen LogP contribution in [0.5, 0.6) is 5.75 Å². The monoisotopic (exact) mass is 388 g/mol. The summed E-state index contributed by atoms with van der Waals surface area (Å²) in [5, 5.41) is 22.9. The third-order valence-corrected chi connectivity index (χ3v) is 3.44. The molecule has 7 nitrogen and oxygen atoms in total. The van der Waals surface area contributed by atoms with Crippen molar-refractivity contribution in [1.82, 2.24) is 4.98 Å². The molecule has 2 N–H and O–H groups in total. The van der Waals surface area contributed by atoms with Crippen molar-refractivity contribution in [1.29, 1.82) is 0 Å². The Hall–Kier alpha value is -2.88. The molecule has 11 heteroatoms. The van der Waals surface area contributed by atoms with Crippen LogP contribution in [0, 0.1) is 10.1 Å². The largest absolute Gasteiger partial charge is 0.507 e. The maximum Gasteiger partial charge on any atom is 0.417 e. The van der Waals surface area contributed by atoms with Crippen LogP contribution in [-0.4, -0.2) is 34.3 Å². The fourth-order valence-electron chi connectivity index (χ4n) is 1.88. The third-order valence-electron chi connectivity index (χ3n) is 3.15. The zero-order valence-electron chi connectivity index (χ0n) is 13.0. The standard InChI is InChI=1S/C15H12ClF3N4O3/c16-12-6-10(15(17,18)19)8-22-14(12)21-4-3-20-7-9-5-11(23(25)26)1-2-13(9)24/h1-2,5-8,24H,3-4H2,(H,21,22). The van der Waals surface area contributed by atoms with Crippen molar-refractivity contribution in [3.63, 3.8) is 0 Å². The predicted octanol–water partition coefficient (Wildman–Crippen LogP) is 3.90. The summed E-state index contributed by atoms with van der Waals surface area (Å²) in [4.78, 5) is 17.7. The normalized spacial score (nSPS) is 11.7. The van der Waals surface area contributed by atoms with Gasteiger partial charge in [-0.05, 0) is 12.1 Å². The van der Waals surface area contributed by atoms with Crippen LogP contribution >= 0.6 is 11.6 Å². The Morgan fingerprint density at radius 3 is 2.73 bits per heavy atom. The van der Waals surface area contributed by atoms with Crippen LogP contribution < -0.4 is 5.32 Å². The van der Waals surface area contributed by atoms with Crippen LogP contribution in [-0.2, 0) is 6.18 Å². The molecule has 26 heavy (non-hydrogen) atoms. The molecule has 0 unspecified atom stereocenters. The summed E-state index contributed by atoms with van der Waals surface area (Å²) in [5.41, 5.74) is -0.972. The molecule has 2 rings (SSSR count). The second-order valence-corrected chi connectivity index (χ2v) is 5.42. The van der Waals surface area contributed by atoms with Gasteiger partial charge in [-0.2, -0.15) is 13.2 Å². The number of phenolic OH excluding ortho intramolecular Hbond substituents is 1. The van der Waals surface area contributed by atoms with Crippen LogP contribution in [0.1, 0.15) is 11.1 Å². The molecule has 0 saturated carbocycles. The first-order valence-corrected chi connectivity index (χ1v) is 7.50. The number of pyridine rings is 1. The number of phenols is 1. The van der Waals surface area contributed by atoms with E-state index >= 15 is 0 Å². The number of aliphatic imine (C=N–C) groups is 1. The molecular formula is C15H12ClF3N4O3. The molecule has 0 atom stereocenters. The number of halogens is 4. The van der Waals surface area contributed by atoms with E-state index in [1.165, 1.54) is 18.3 Å². The summed E-state index contributed by atoms with van der Waals surface area (Å²) in [7, 11) is 0. The fourth-order valence-corrected chi connectivity index (χ4v) is 2.12. The second-order valence-electron chi connectivity index (χ2n) is 5.01. The van der Waals surface area contributed by atoms with E-state index in [0.717, 1.165) is 12.1 Å². The molecule has 0 spiro atoms. The van der Waals surface area contributed by atoms with Gasteiger partial charge < -0.3 is 10.4 Å². The van der Waals surface area contributed by atoms with Crippen LogP contribution in [0.2, 0.25) is 5.02 Å². The van der Waals surface area contributed by atoms with Crippen molar-refractivity contribution in [2.24, 2.45) is 4.99 Å². The van der Waals surface area contributed by atoms with Crippen molar-refractivity contribution in [2.75, 3.05) is 18.4 Å². The molecule has 0 bridgehead atoms. The molecule has 0 aliphatic rings. The Balaban J connectivity index is 1.94. The third kappa shape index (κ3) is 5.06. The molecule has 1 aromatic carbocycles. The number of rotatable bonds is 6. The maximum absolute atomic E-state index is 12.5. The molecule has 2 aromatic rings. The summed E-state index contributed by atoms with van der Waals surface area (Å²) in [6, 6.07) is 4.28. The highest BCUT2D eigenvalue weighted by Gasteiger charge is 2.31. The number of non-ortho nitro benzene ring substituents is 1. The minimum atomic E-state index is -4.53. The van der Waals surface area contributed by atoms with Crippen LogP contribution in [0.3, 0.4) is 0 Å². The number of nitro groups is 1.